The van der Waals surface area contributed by atoms with E-state index < -0.39 is 0 Å². The van der Waals surface area contributed by atoms with Gasteiger partial charge in [-0.05, 0) is 25.0 Å². The van der Waals surface area contributed by atoms with Crippen LogP contribution >= 0.6 is 0 Å². The van der Waals surface area contributed by atoms with Gasteiger partial charge in [0.1, 0.15) is 6.33 Å². The molecule has 7 heteroatoms. The fourth-order valence-corrected chi connectivity index (χ4v) is 1.99. The number of unbranched alkanes of at least 4 members (excludes halogenated alkanes) is 1. The summed E-state index contributed by atoms with van der Waals surface area (Å²) in [6.07, 6.45) is 6.20. The van der Waals surface area contributed by atoms with Crippen LogP contribution in [0.1, 0.15) is 35.8 Å². The third kappa shape index (κ3) is 2.91. The van der Waals surface area contributed by atoms with Crippen LogP contribution in [0.4, 0.5) is 5.88 Å². The van der Waals surface area contributed by atoms with Crippen molar-refractivity contribution in [3.8, 4) is 0 Å². The molecule has 7 nitrogen and oxygen atoms in total. The summed E-state index contributed by atoms with van der Waals surface area (Å²) in [5, 5.41) is 14.3. The fourth-order valence-electron chi connectivity index (χ4n) is 1.99. The van der Waals surface area contributed by atoms with Gasteiger partial charge in [0, 0.05) is 12.3 Å². The second-order valence-corrected chi connectivity index (χ2v) is 4.75. The molecule has 1 amide bonds. The largest absolute Gasteiger partial charge is 0.338 e. The highest BCUT2D eigenvalue weighted by molar-refractivity contribution is 6.03. The highest BCUT2D eigenvalue weighted by atomic mass is 16.5. The van der Waals surface area contributed by atoms with E-state index in [1.807, 2.05) is 0 Å². The van der Waals surface area contributed by atoms with E-state index in [1.165, 1.54) is 0 Å². The van der Waals surface area contributed by atoms with Crippen LogP contribution in [0.3, 0.4) is 0 Å². The van der Waals surface area contributed by atoms with Crippen LogP contribution < -0.4 is 5.32 Å². The molecule has 3 heterocycles. The third-order valence-corrected chi connectivity index (χ3v) is 3.14. The van der Waals surface area contributed by atoms with Gasteiger partial charge in [0.05, 0.1) is 11.3 Å². The minimum atomic E-state index is -0.260. The zero-order chi connectivity index (χ0) is 14.7. The molecule has 0 unspecified atom stereocenters. The lowest BCUT2D eigenvalue weighted by atomic mass is 10.2. The van der Waals surface area contributed by atoms with Gasteiger partial charge in [-0.1, -0.05) is 18.5 Å². The standard InChI is InChI=1S/C14H15N5O2/c1-2-3-4-11-7-13(21-18-11)16-14(20)10-5-6-12-17-15-9-19(12)8-10/h5-9H,2-4H2,1H3,(H,16,20). The SMILES string of the molecule is CCCCc1cc(NC(=O)c2ccc3nncn3c2)on1. The molecule has 0 fully saturated rings. The van der Waals surface area contributed by atoms with Gasteiger partial charge in [-0.3, -0.25) is 14.5 Å². The number of hydrogen-bond donors (Lipinski definition) is 1. The first kappa shape index (κ1) is 13.3. The Morgan fingerprint density at radius 2 is 2.33 bits per heavy atom. The van der Waals surface area contributed by atoms with Crippen molar-refractivity contribution in [3.05, 3.63) is 42.0 Å². The van der Waals surface area contributed by atoms with Crippen molar-refractivity contribution in [1.82, 2.24) is 19.8 Å². The molecule has 3 aromatic rings. The Morgan fingerprint density at radius 3 is 3.19 bits per heavy atom. The predicted molar refractivity (Wildman–Crippen MR) is 76.1 cm³/mol. The number of fused-ring (bicyclic) bond motifs is 1. The molecule has 0 spiro atoms. The van der Waals surface area contributed by atoms with E-state index in [0.29, 0.717) is 17.1 Å². The molecule has 1 N–H and O–H groups in total. The van der Waals surface area contributed by atoms with Crippen LogP contribution in [-0.2, 0) is 6.42 Å². The Balaban J connectivity index is 1.71. The van der Waals surface area contributed by atoms with Gasteiger partial charge in [0.15, 0.2) is 5.65 Å². The van der Waals surface area contributed by atoms with Crippen molar-refractivity contribution in [2.75, 3.05) is 5.32 Å². The van der Waals surface area contributed by atoms with Gasteiger partial charge in [0.2, 0.25) is 5.88 Å². The topological polar surface area (TPSA) is 85.3 Å². The van der Waals surface area contributed by atoms with E-state index in [9.17, 15) is 4.79 Å². The Bertz CT molecular complexity index is 761. The zero-order valence-electron chi connectivity index (χ0n) is 11.6. The Morgan fingerprint density at radius 1 is 1.43 bits per heavy atom. The summed E-state index contributed by atoms with van der Waals surface area (Å²) in [6, 6.07) is 5.17. The second-order valence-electron chi connectivity index (χ2n) is 4.75. The lowest BCUT2D eigenvalue weighted by Crippen LogP contribution is -2.12. The Kier molecular flexibility index (Phi) is 3.63. The van der Waals surface area contributed by atoms with Crippen LogP contribution in [-0.4, -0.2) is 25.7 Å². The Labute approximate surface area is 121 Å². The second kappa shape index (κ2) is 5.74. The normalized spacial score (nSPS) is 10.9. The fraction of sp³-hybridized carbons (Fsp3) is 0.286. The Hall–Kier alpha value is -2.70. The molecule has 0 radical (unpaired) electrons. The molecule has 0 aromatic carbocycles. The summed E-state index contributed by atoms with van der Waals surface area (Å²) in [4.78, 5) is 12.1. The van der Waals surface area contributed by atoms with E-state index in [4.69, 9.17) is 4.52 Å². The summed E-state index contributed by atoms with van der Waals surface area (Å²) in [5.41, 5.74) is 2.03. The van der Waals surface area contributed by atoms with Gasteiger partial charge in [-0.25, -0.2) is 0 Å². The average Bonchev–Trinajstić information content (AvgIpc) is 3.12. The first-order valence-corrected chi connectivity index (χ1v) is 6.82. The van der Waals surface area contributed by atoms with Crippen molar-refractivity contribution < 1.29 is 9.32 Å². The van der Waals surface area contributed by atoms with E-state index >= 15 is 0 Å². The van der Waals surface area contributed by atoms with E-state index in [1.54, 1.807) is 35.1 Å². The minimum Gasteiger partial charge on any atom is -0.338 e. The minimum absolute atomic E-state index is 0.260. The van der Waals surface area contributed by atoms with Gasteiger partial charge in [-0.15, -0.1) is 10.2 Å². The summed E-state index contributed by atoms with van der Waals surface area (Å²) >= 11 is 0. The third-order valence-electron chi connectivity index (χ3n) is 3.14. The number of nitrogens with zero attached hydrogens (tertiary/aromatic N) is 4. The highest BCUT2D eigenvalue weighted by Gasteiger charge is 2.11. The van der Waals surface area contributed by atoms with Crippen LogP contribution in [0.15, 0.2) is 35.2 Å². The number of pyridine rings is 1. The lowest BCUT2D eigenvalue weighted by Gasteiger charge is -2.01. The van der Waals surface area contributed by atoms with Crippen LogP contribution in [0, 0.1) is 0 Å². The average molecular weight is 285 g/mol. The molecule has 0 bridgehead atoms. The summed E-state index contributed by atoms with van der Waals surface area (Å²) < 4.78 is 6.80. The smallest absolute Gasteiger partial charge is 0.259 e. The van der Waals surface area contributed by atoms with Crippen LogP contribution in [0.25, 0.3) is 5.65 Å². The molecule has 0 atom stereocenters. The summed E-state index contributed by atoms with van der Waals surface area (Å²) in [5.74, 6) is 0.0961. The van der Waals surface area contributed by atoms with Gasteiger partial charge < -0.3 is 4.52 Å². The van der Waals surface area contributed by atoms with E-state index in [-0.39, 0.29) is 5.91 Å². The van der Waals surface area contributed by atoms with E-state index in [0.717, 1.165) is 25.0 Å². The van der Waals surface area contributed by atoms with Crippen molar-refractivity contribution in [1.29, 1.82) is 0 Å². The predicted octanol–water partition coefficient (Wildman–Crippen LogP) is 2.31. The number of hydrogen-bond acceptors (Lipinski definition) is 5. The highest BCUT2D eigenvalue weighted by Crippen LogP contribution is 2.13. The van der Waals surface area contributed by atoms with E-state index in [2.05, 4.69) is 27.6 Å². The van der Waals surface area contributed by atoms with Gasteiger partial charge >= 0.3 is 0 Å². The molecule has 0 saturated carbocycles. The molecule has 3 aromatic heterocycles. The number of anilines is 1. The molecular weight excluding hydrogens is 270 g/mol. The number of aromatic nitrogens is 4. The summed E-state index contributed by atoms with van der Waals surface area (Å²) in [7, 11) is 0. The van der Waals surface area contributed by atoms with Crippen LogP contribution in [0.2, 0.25) is 0 Å². The molecule has 0 saturated heterocycles. The molecule has 108 valence electrons. The van der Waals surface area contributed by atoms with Crippen molar-refractivity contribution in [3.63, 3.8) is 0 Å². The summed E-state index contributed by atoms with van der Waals surface area (Å²) in [6.45, 7) is 2.11. The molecule has 0 aliphatic heterocycles. The van der Waals surface area contributed by atoms with Gasteiger partial charge in [-0.2, -0.15) is 0 Å². The quantitative estimate of drug-likeness (QED) is 0.777. The first-order valence-electron chi connectivity index (χ1n) is 6.82. The number of carbonyl (C=O) groups is 1. The molecule has 3 rings (SSSR count). The number of aryl methyl sites for hydroxylation is 1. The number of nitrogens with one attached hydrogen (secondary N) is 1. The van der Waals surface area contributed by atoms with Crippen molar-refractivity contribution >= 4 is 17.4 Å². The maximum Gasteiger partial charge on any atom is 0.259 e. The number of rotatable bonds is 5. The first-order chi connectivity index (χ1) is 10.3. The zero-order valence-corrected chi connectivity index (χ0v) is 11.6. The maximum atomic E-state index is 12.1. The molecule has 0 aliphatic rings. The monoisotopic (exact) mass is 285 g/mol. The number of carbonyl (C=O) groups excluding carboxylic acids is 1. The van der Waals surface area contributed by atoms with Crippen LogP contribution in [0.5, 0.6) is 0 Å². The molecular formula is C14H15N5O2. The van der Waals surface area contributed by atoms with Crippen molar-refractivity contribution in [2.24, 2.45) is 0 Å². The molecule has 21 heavy (non-hydrogen) atoms. The maximum absolute atomic E-state index is 12.1. The van der Waals surface area contributed by atoms with Gasteiger partial charge in [0.25, 0.3) is 5.91 Å². The van der Waals surface area contributed by atoms with Crippen molar-refractivity contribution in [2.45, 2.75) is 26.2 Å². The lowest BCUT2D eigenvalue weighted by molar-refractivity contribution is 0.102. The number of amides is 1. The molecule has 0 aliphatic carbocycles.